The average molecular weight is 178 g/mol. The van der Waals surface area contributed by atoms with Crippen molar-refractivity contribution in [2.24, 2.45) is 0 Å². The lowest BCUT2D eigenvalue weighted by Gasteiger charge is -2.25. The third kappa shape index (κ3) is 8.86. The molecule has 3 heteroatoms. The van der Waals surface area contributed by atoms with Crippen molar-refractivity contribution in [3.05, 3.63) is 0 Å². The molecule has 0 rings (SSSR count). The molecule has 0 aliphatic heterocycles. The summed E-state index contributed by atoms with van der Waals surface area (Å²) in [5.74, 6) is 0. The molecular formula is C6H19PSi2. The Labute approximate surface area is 62.9 Å². The van der Waals surface area contributed by atoms with Gasteiger partial charge in [-0.2, -0.15) is 0 Å². The summed E-state index contributed by atoms with van der Waals surface area (Å²) in [4.78, 5) is 0. The van der Waals surface area contributed by atoms with E-state index in [1.807, 2.05) is 0 Å². The molecule has 0 heterocycles. The monoisotopic (exact) mass is 178 g/mol. The second-order valence-corrected chi connectivity index (χ2v) is 25.9. The predicted molar refractivity (Wildman–Crippen MR) is 55.0 cm³/mol. The van der Waals surface area contributed by atoms with Crippen LogP contribution in [-0.4, -0.2) is 15.5 Å². The summed E-state index contributed by atoms with van der Waals surface area (Å²) in [7, 11) is -0.0775. The minimum absolute atomic E-state index is 0.703. The SMILES string of the molecule is C[Si](C)(C)P[Si](C)(C)C. The van der Waals surface area contributed by atoms with Gasteiger partial charge in [-0.15, -0.1) is 7.68 Å². The molecule has 0 aromatic heterocycles. The van der Waals surface area contributed by atoms with Crippen LogP contribution in [0.15, 0.2) is 0 Å². The van der Waals surface area contributed by atoms with E-state index in [-0.39, 0.29) is 0 Å². The molecule has 0 fully saturated rings. The van der Waals surface area contributed by atoms with Gasteiger partial charge in [0, 0.05) is 0 Å². The lowest BCUT2D eigenvalue weighted by molar-refractivity contribution is 1.84. The third-order valence-corrected chi connectivity index (χ3v) is 20.2. The van der Waals surface area contributed by atoms with Gasteiger partial charge in [-0.3, -0.25) is 0 Å². The van der Waals surface area contributed by atoms with Crippen LogP contribution in [0.4, 0.5) is 0 Å². The summed E-state index contributed by atoms with van der Waals surface area (Å²) in [6, 6.07) is 0. The maximum absolute atomic E-state index is 2.48. The van der Waals surface area contributed by atoms with Crippen LogP contribution in [0.1, 0.15) is 0 Å². The summed E-state index contributed by atoms with van der Waals surface area (Å²) >= 11 is 0. The maximum Gasteiger partial charge on any atom is 0.0646 e. The van der Waals surface area contributed by atoms with Crippen molar-refractivity contribution >= 4 is 23.2 Å². The molecule has 0 bridgehead atoms. The number of hydrogen-bond acceptors (Lipinski definition) is 0. The molecule has 0 N–H and O–H groups in total. The average Bonchev–Trinajstić information content (AvgIpc) is 1.14. The van der Waals surface area contributed by atoms with Gasteiger partial charge < -0.3 is 0 Å². The Bertz CT molecular complexity index is 76.2. The zero-order chi connectivity index (χ0) is 7.71. The van der Waals surface area contributed by atoms with Crippen LogP contribution in [0.25, 0.3) is 0 Å². The lowest BCUT2D eigenvalue weighted by atomic mass is 11.8. The van der Waals surface area contributed by atoms with Crippen molar-refractivity contribution in [1.29, 1.82) is 0 Å². The lowest BCUT2D eigenvalue weighted by Crippen LogP contribution is -2.24. The Morgan fingerprint density at radius 1 is 0.667 bits per heavy atom. The second kappa shape index (κ2) is 2.85. The zero-order valence-electron chi connectivity index (χ0n) is 7.50. The first-order chi connectivity index (χ1) is 3.71. The summed E-state index contributed by atoms with van der Waals surface area (Å²) < 4.78 is 0. The largest absolute Gasteiger partial charge is 0.145 e. The van der Waals surface area contributed by atoms with Gasteiger partial charge in [0.25, 0.3) is 0 Å². The summed E-state index contributed by atoms with van der Waals surface area (Å²) in [5.41, 5.74) is 0. The highest BCUT2D eigenvalue weighted by Crippen LogP contribution is 2.36. The summed E-state index contributed by atoms with van der Waals surface area (Å²) in [6.45, 7) is 14.9. The first kappa shape index (κ1) is 9.86. The van der Waals surface area contributed by atoms with Gasteiger partial charge in [0.15, 0.2) is 0 Å². The van der Waals surface area contributed by atoms with Gasteiger partial charge in [0.1, 0.15) is 0 Å². The smallest absolute Gasteiger partial charge is 0.0646 e. The molecule has 0 aliphatic carbocycles. The maximum atomic E-state index is 2.48. The first-order valence-corrected chi connectivity index (χ1v) is 13.5. The van der Waals surface area contributed by atoms with Crippen molar-refractivity contribution < 1.29 is 0 Å². The molecule has 0 radical (unpaired) electrons. The van der Waals surface area contributed by atoms with Gasteiger partial charge in [-0.05, 0) is 0 Å². The highest BCUT2D eigenvalue weighted by atomic mass is 31.6. The molecule has 0 aromatic carbocycles. The molecule has 0 spiro atoms. The molecule has 0 saturated carbocycles. The minimum atomic E-state index is -0.703. The van der Waals surface area contributed by atoms with Crippen LogP contribution >= 0.6 is 7.68 Å². The fourth-order valence-corrected chi connectivity index (χ4v) is 30.4. The van der Waals surface area contributed by atoms with Crippen molar-refractivity contribution in [2.45, 2.75) is 39.3 Å². The molecular weight excluding hydrogens is 159 g/mol. The molecule has 0 saturated heterocycles. The standard InChI is InChI=1S/C6H19PSi2/c1-8(2,3)7-9(4,5)6/h7H,1-6H3. The van der Waals surface area contributed by atoms with Crippen molar-refractivity contribution in [2.75, 3.05) is 0 Å². The normalized spacial score (nSPS) is 14.0. The van der Waals surface area contributed by atoms with E-state index in [1.165, 1.54) is 7.68 Å². The topological polar surface area (TPSA) is 0 Å². The van der Waals surface area contributed by atoms with Crippen molar-refractivity contribution in [3.63, 3.8) is 0 Å². The van der Waals surface area contributed by atoms with Crippen LogP contribution in [0.2, 0.25) is 39.3 Å². The van der Waals surface area contributed by atoms with E-state index in [9.17, 15) is 0 Å². The zero-order valence-corrected chi connectivity index (χ0v) is 10.5. The van der Waals surface area contributed by atoms with Gasteiger partial charge >= 0.3 is 0 Å². The Balaban J connectivity index is 3.75. The third-order valence-electron chi connectivity index (χ3n) is 0.750. The quantitative estimate of drug-likeness (QED) is 0.449. The fourth-order valence-electron chi connectivity index (χ4n) is 1.12. The summed E-state index contributed by atoms with van der Waals surface area (Å²) in [6.07, 6.45) is 0. The molecule has 0 aliphatic rings. The van der Waals surface area contributed by atoms with E-state index in [1.54, 1.807) is 0 Å². The van der Waals surface area contributed by atoms with Crippen LogP contribution in [0.3, 0.4) is 0 Å². The molecule has 56 valence electrons. The van der Waals surface area contributed by atoms with E-state index in [2.05, 4.69) is 39.3 Å². The van der Waals surface area contributed by atoms with Gasteiger partial charge in [-0.1, -0.05) is 39.3 Å². The van der Waals surface area contributed by atoms with E-state index in [4.69, 9.17) is 0 Å². The van der Waals surface area contributed by atoms with Crippen LogP contribution in [0, 0.1) is 0 Å². The van der Waals surface area contributed by atoms with Crippen LogP contribution in [0.5, 0.6) is 0 Å². The Morgan fingerprint density at radius 2 is 0.889 bits per heavy atom. The molecule has 0 aromatic rings. The Hall–Kier alpha value is 0.864. The highest BCUT2D eigenvalue weighted by Gasteiger charge is 2.23. The summed E-state index contributed by atoms with van der Waals surface area (Å²) in [5, 5.41) is 0. The minimum Gasteiger partial charge on any atom is -0.145 e. The first-order valence-electron chi connectivity index (χ1n) is 3.50. The van der Waals surface area contributed by atoms with E-state index in [0.717, 1.165) is 0 Å². The Morgan fingerprint density at radius 3 is 0.889 bits per heavy atom. The predicted octanol–water partition coefficient (Wildman–Crippen LogP) is 3.33. The highest BCUT2D eigenvalue weighted by molar-refractivity contribution is 8.06. The van der Waals surface area contributed by atoms with Crippen LogP contribution in [-0.2, 0) is 0 Å². The Kier molecular flexibility index (Phi) is 3.13. The van der Waals surface area contributed by atoms with Crippen LogP contribution < -0.4 is 0 Å². The molecule has 9 heavy (non-hydrogen) atoms. The van der Waals surface area contributed by atoms with E-state index >= 15 is 0 Å². The van der Waals surface area contributed by atoms with Crippen molar-refractivity contribution in [1.82, 2.24) is 0 Å². The molecule has 0 unspecified atom stereocenters. The number of rotatable bonds is 2. The van der Waals surface area contributed by atoms with Gasteiger partial charge in [-0.25, -0.2) is 0 Å². The fraction of sp³-hybridized carbons (Fsp3) is 1.00. The van der Waals surface area contributed by atoms with Gasteiger partial charge in [0.2, 0.25) is 0 Å². The second-order valence-electron chi connectivity index (χ2n) is 4.62. The van der Waals surface area contributed by atoms with E-state index < -0.39 is 15.5 Å². The van der Waals surface area contributed by atoms with Crippen molar-refractivity contribution in [3.8, 4) is 0 Å². The molecule has 0 atom stereocenters. The molecule has 0 nitrogen and oxygen atoms in total. The molecule has 0 amide bonds. The number of hydrogen-bond donors (Lipinski definition) is 0. The van der Waals surface area contributed by atoms with E-state index in [0.29, 0.717) is 0 Å². The van der Waals surface area contributed by atoms with Gasteiger partial charge in [0.05, 0.1) is 15.5 Å².